The second-order valence-electron chi connectivity index (χ2n) is 5.21. The minimum Gasteiger partial charge on any atom is -0.355 e. The second kappa shape index (κ2) is 5.59. The van der Waals surface area contributed by atoms with Gasteiger partial charge in [-0.15, -0.1) is 0 Å². The highest BCUT2D eigenvalue weighted by molar-refractivity contribution is 6.31. The molecule has 0 amide bonds. The summed E-state index contributed by atoms with van der Waals surface area (Å²) in [6.07, 6.45) is 0. The van der Waals surface area contributed by atoms with Gasteiger partial charge in [0.1, 0.15) is 0 Å². The fourth-order valence-corrected chi connectivity index (χ4v) is 2.59. The largest absolute Gasteiger partial charge is 0.355 e. The molecule has 1 aromatic heterocycles. The SMILES string of the molecule is Cc1cc(-c2ccc(-c3ccc(Cl)c(C)c3)[nH]2)ccc1Cl. The predicted molar refractivity (Wildman–Crippen MR) is 91.2 cm³/mol. The number of rotatable bonds is 2. The maximum Gasteiger partial charge on any atom is 0.0458 e. The van der Waals surface area contributed by atoms with Crippen LogP contribution < -0.4 is 0 Å². The van der Waals surface area contributed by atoms with Gasteiger partial charge in [0.2, 0.25) is 0 Å². The van der Waals surface area contributed by atoms with Crippen LogP contribution in [0.1, 0.15) is 11.1 Å². The molecule has 0 fully saturated rings. The summed E-state index contributed by atoms with van der Waals surface area (Å²) in [7, 11) is 0. The summed E-state index contributed by atoms with van der Waals surface area (Å²) in [5, 5.41) is 1.58. The monoisotopic (exact) mass is 315 g/mol. The Kier molecular flexibility index (Phi) is 3.79. The molecule has 0 saturated heterocycles. The van der Waals surface area contributed by atoms with Crippen molar-refractivity contribution in [3.8, 4) is 22.5 Å². The molecule has 0 bridgehead atoms. The molecular weight excluding hydrogens is 301 g/mol. The van der Waals surface area contributed by atoms with E-state index >= 15 is 0 Å². The Hall–Kier alpha value is -1.70. The summed E-state index contributed by atoms with van der Waals surface area (Å²) >= 11 is 12.2. The second-order valence-corrected chi connectivity index (χ2v) is 6.03. The van der Waals surface area contributed by atoms with Gasteiger partial charge in [0.05, 0.1) is 0 Å². The molecule has 3 aromatic rings. The van der Waals surface area contributed by atoms with E-state index in [1.807, 2.05) is 38.1 Å². The van der Waals surface area contributed by atoms with Gasteiger partial charge in [0.25, 0.3) is 0 Å². The number of hydrogen-bond acceptors (Lipinski definition) is 0. The van der Waals surface area contributed by atoms with Gasteiger partial charge in [0.15, 0.2) is 0 Å². The van der Waals surface area contributed by atoms with Gasteiger partial charge in [-0.2, -0.15) is 0 Å². The van der Waals surface area contributed by atoms with E-state index in [4.69, 9.17) is 23.2 Å². The molecule has 106 valence electrons. The molecule has 0 atom stereocenters. The van der Waals surface area contributed by atoms with Crippen LogP contribution in [-0.4, -0.2) is 4.98 Å². The molecule has 0 radical (unpaired) electrons. The predicted octanol–water partition coefficient (Wildman–Crippen LogP) is 6.27. The van der Waals surface area contributed by atoms with Crippen molar-refractivity contribution in [3.05, 3.63) is 69.7 Å². The van der Waals surface area contributed by atoms with E-state index in [1.54, 1.807) is 0 Å². The molecule has 1 heterocycles. The number of nitrogens with one attached hydrogen (secondary N) is 1. The number of hydrogen-bond donors (Lipinski definition) is 1. The van der Waals surface area contributed by atoms with Crippen LogP contribution in [0.5, 0.6) is 0 Å². The lowest BCUT2D eigenvalue weighted by molar-refractivity contribution is 1.37. The van der Waals surface area contributed by atoms with Crippen molar-refractivity contribution < 1.29 is 0 Å². The van der Waals surface area contributed by atoms with Gasteiger partial charge in [0, 0.05) is 21.4 Å². The van der Waals surface area contributed by atoms with Gasteiger partial charge in [-0.1, -0.05) is 35.3 Å². The van der Waals surface area contributed by atoms with Crippen LogP contribution in [0.3, 0.4) is 0 Å². The zero-order chi connectivity index (χ0) is 15.0. The first-order chi connectivity index (χ1) is 10.0. The molecular formula is C18H15Cl2N. The molecule has 2 aromatic carbocycles. The topological polar surface area (TPSA) is 15.8 Å². The highest BCUT2D eigenvalue weighted by Crippen LogP contribution is 2.29. The number of aromatic amines is 1. The minimum absolute atomic E-state index is 0.791. The molecule has 1 nitrogen and oxygen atoms in total. The van der Waals surface area contributed by atoms with E-state index in [1.165, 1.54) is 0 Å². The zero-order valence-electron chi connectivity index (χ0n) is 11.9. The molecule has 0 aliphatic carbocycles. The molecule has 0 unspecified atom stereocenters. The fourth-order valence-electron chi connectivity index (χ4n) is 2.36. The van der Waals surface area contributed by atoms with E-state index in [0.29, 0.717) is 0 Å². The molecule has 21 heavy (non-hydrogen) atoms. The Morgan fingerprint density at radius 1 is 0.667 bits per heavy atom. The van der Waals surface area contributed by atoms with Crippen molar-refractivity contribution in [1.82, 2.24) is 4.98 Å². The molecule has 1 N–H and O–H groups in total. The van der Waals surface area contributed by atoms with Crippen LogP contribution in [0, 0.1) is 13.8 Å². The van der Waals surface area contributed by atoms with E-state index in [9.17, 15) is 0 Å². The summed E-state index contributed by atoms with van der Waals surface area (Å²) < 4.78 is 0. The van der Waals surface area contributed by atoms with Crippen LogP contribution in [0.15, 0.2) is 48.5 Å². The third kappa shape index (κ3) is 2.85. The summed E-state index contributed by atoms with van der Waals surface area (Å²) in [5.74, 6) is 0. The Labute approximate surface area is 134 Å². The van der Waals surface area contributed by atoms with Crippen molar-refractivity contribution in [2.45, 2.75) is 13.8 Å². The van der Waals surface area contributed by atoms with Crippen LogP contribution in [0.4, 0.5) is 0 Å². The number of aromatic nitrogens is 1. The van der Waals surface area contributed by atoms with Crippen molar-refractivity contribution in [2.24, 2.45) is 0 Å². The van der Waals surface area contributed by atoms with Crippen molar-refractivity contribution in [2.75, 3.05) is 0 Å². The Morgan fingerprint density at radius 2 is 1.10 bits per heavy atom. The lowest BCUT2D eigenvalue weighted by Gasteiger charge is -2.04. The normalized spacial score (nSPS) is 10.9. The molecule has 0 aliphatic rings. The number of halogens is 2. The quantitative estimate of drug-likeness (QED) is 0.573. The van der Waals surface area contributed by atoms with E-state index < -0.39 is 0 Å². The van der Waals surface area contributed by atoms with Crippen LogP contribution in [0.2, 0.25) is 10.0 Å². The Morgan fingerprint density at radius 3 is 1.48 bits per heavy atom. The maximum atomic E-state index is 6.08. The lowest BCUT2D eigenvalue weighted by atomic mass is 10.1. The third-order valence-electron chi connectivity index (χ3n) is 3.62. The molecule has 0 saturated carbocycles. The average molecular weight is 316 g/mol. The summed E-state index contributed by atoms with van der Waals surface area (Å²) in [4.78, 5) is 3.45. The molecule has 3 rings (SSSR count). The number of aryl methyl sites for hydroxylation is 2. The van der Waals surface area contributed by atoms with Crippen LogP contribution >= 0.6 is 23.2 Å². The van der Waals surface area contributed by atoms with E-state index in [2.05, 4.69) is 29.2 Å². The van der Waals surface area contributed by atoms with Gasteiger partial charge in [-0.05, 0) is 72.5 Å². The highest BCUT2D eigenvalue weighted by Gasteiger charge is 2.06. The summed E-state index contributed by atoms with van der Waals surface area (Å²) in [5.41, 5.74) is 6.58. The van der Waals surface area contributed by atoms with Gasteiger partial charge >= 0.3 is 0 Å². The number of benzene rings is 2. The van der Waals surface area contributed by atoms with Crippen molar-refractivity contribution in [1.29, 1.82) is 0 Å². The first-order valence-electron chi connectivity index (χ1n) is 6.76. The first kappa shape index (κ1) is 14.2. The summed E-state index contributed by atoms with van der Waals surface area (Å²) in [6.45, 7) is 4.02. The molecule has 0 aliphatic heterocycles. The minimum atomic E-state index is 0.791. The highest BCUT2D eigenvalue weighted by atomic mass is 35.5. The fraction of sp³-hybridized carbons (Fsp3) is 0.111. The molecule has 3 heteroatoms. The Balaban J connectivity index is 1.99. The zero-order valence-corrected chi connectivity index (χ0v) is 13.4. The lowest BCUT2D eigenvalue weighted by Crippen LogP contribution is -1.83. The van der Waals surface area contributed by atoms with E-state index in [0.717, 1.165) is 43.7 Å². The summed E-state index contributed by atoms with van der Waals surface area (Å²) in [6, 6.07) is 16.3. The van der Waals surface area contributed by atoms with Crippen LogP contribution in [-0.2, 0) is 0 Å². The van der Waals surface area contributed by atoms with Gasteiger partial charge < -0.3 is 4.98 Å². The third-order valence-corrected chi connectivity index (χ3v) is 4.47. The standard InChI is InChI=1S/C18H15Cl2N/c1-11-9-13(3-5-15(11)19)17-7-8-18(21-17)14-4-6-16(20)12(2)10-14/h3-10,21H,1-2H3. The van der Waals surface area contributed by atoms with Crippen LogP contribution in [0.25, 0.3) is 22.5 Å². The maximum absolute atomic E-state index is 6.08. The Bertz CT molecular complexity index is 737. The van der Waals surface area contributed by atoms with Crippen molar-refractivity contribution >= 4 is 23.2 Å². The molecule has 0 spiro atoms. The van der Waals surface area contributed by atoms with Gasteiger partial charge in [-0.25, -0.2) is 0 Å². The van der Waals surface area contributed by atoms with Gasteiger partial charge in [-0.3, -0.25) is 0 Å². The average Bonchev–Trinajstić information content (AvgIpc) is 2.94. The number of H-pyrrole nitrogens is 1. The van der Waals surface area contributed by atoms with Crippen molar-refractivity contribution in [3.63, 3.8) is 0 Å². The van der Waals surface area contributed by atoms with E-state index in [-0.39, 0.29) is 0 Å². The first-order valence-corrected chi connectivity index (χ1v) is 7.52. The smallest absolute Gasteiger partial charge is 0.0458 e.